The number of rotatable bonds is 4. The van der Waals surface area contributed by atoms with Crippen molar-refractivity contribution in [1.29, 1.82) is 0 Å². The van der Waals surface area contributed by atoms with Gasteiger partial charge in [-0.1, -0.05) is 0 Å². The van der Waals surface area contributed by atoms with Crippen LogP contribution < -0.4 is 5.32 Å². The lowest BCUT2D eigenvalue weighted by Gasteiger charge is -2.23. The molecule has 1 N–H and O–H groups in total. The van der Waals surface area contributed by atoms with Gasteiger partial charge in [0.05, 0.1) is 6.42 Å². The predicted octanol–water partition coefficient (Wildman–Crippen LogP) is 0.799. The Morgan fingerprint density at radius 3 is 3.06 bits per heavy atom. The standard InChI is InChI=1S/C13H20N4O/c1-2-17-12(15-9-16-17)7-11(18)10-8-13(10)3-5-14-6-4-13/h9-10,14H,2-8H2,1H3. The van der Waals surface area contributed by atoms with E-state index in [0.29, 0.717) is 17.6 Å². The minimum atomic E-state index is 0.279. The molecule has 0 amide bonds. The number of nitrogens with zero attached hydrogens (tertiary/aromatic N) is 3. The predicted molar refractivity (Wildman–Crippen MR) is 67.1 cm³/mol. The van der Waals surface area contributed by atoms with E-state index in [1.165, 1.54) is 0 Å². The third-order valence-corrected chi connectivity index (χ3v) is 4.51. The van der Waals surface area contributed by atoms with Crippen LogP contribution in [0.25, 0.3) is 0 Å². The average Bonchev–Trinajstić information content (AvgIpc) is 2.89. The molecule has 1 saturated heterocycles. The highest BCUT2D eigenvalue weighted by molar-refractivity contribution is 5.86. The van der Waals surface area contributed by atoms with Crippen LogP contribution in [-0.4, -0.2) is 33.6 Å². The van der Waals surface area contributed by atoms with E-state index in [1.807, 2.05) is 11.6 Å². The number of carbonyl (C=O) groups is 1. The van der Waals surface area contributed by atoms with Crippen LogP contribution in [0.1, 0.15) is 32.0 Å². The first kappa shape index (κ1) is 11.8. The first-order valence-corrected chi connectivity index (χ1v) is 6.85. The third-order valence-electron chi connectivity index (χ3n) is 4.51. The molecule has 0 radical (unpaired) electrons. The van der Waals surface area contributed by atoms with Gasteiger partial charge in [-0.15, -0.1) is 0 Å². The van der Waals surface area contributed by atoms with Crippen molar-refractivity contribution in [3.63, 3.8) is 0 Å². The number of ketones is 1. The molecule has 98 valence electrons. The van der Waals surface area contributed by atoms with Gasteiger partial charge < -0.3 is 5.32 Å². The molecule has 1 aromatic heterocycles. The molecule has 1 aliphatic carbocycles. The number of aryl methyl sites for hydroxylation is 1. The van der Waals surface area contributed by atoms with Crippen LogP contribution in [0.3, 0.4) is 0 Å². The molecule has 5 heteroatoms. The lowest BCUT2D eigenvalue weighted by atomic mass is 9.90. The molecule has 2 fully saturated rings. The summed E-state index contributed by atoms with van der Waals surface area (Å²) in [4.78, 5) is 16.5. The quantitative estimate of drug-likeness (QED) is 0.856. The van der Waals surface area contributed by atoms with Crippen LogP contribution >= 0.6 is 0 Å². The Balaban J connectivity index is 1.63. The molecule has 1 aliphatic heterocycles. The average molecular weight is 248 g/mol. The summed E-state index contributed by atoms with van der Waals surface area (Å²) in [6.45, 7) is 4.93. The number of nitrogens with one attached hydrogen (secondary N) is 1. The zero-order chi connectivity index (χ0) is 12.6. The Hall–Kier alpha value is -1.23. The van der Waals surface area contributed by atoms with Gasteiger partial charge in [0.1, 0.15) is 17.9 Å². The van der Waals surface area contributed by atoms with E-state index < -0.39 is 0 Å². The molecule has 2 aliphatic rings. The van der Waals surface area contributed by atoms with Gasteiger partial charge in [0.25, 0.3) is 0 Å². The number of aromatic nitrogens is 3. The van der Waals surface area contributed by atoms with Crippen molar-refractivity contribution in [2.24, 2.45) is 11.3 Å². The molecular formula is C13H20N4O. The van der Waals surface area contributed by atoms with Crippen molar-refractivity contribution in [1.82, 2.24) is 20.1 Å². The van der Waals surface area contributed by atoms with E-state index in [0.717, 1.165) is 44.7 Å². The van der Waals surface area contributed by atoms with Crippen molar-refractivity contribution < 1.29 is 4.79 Å². The Bertz CT molecular complexity index is 448. The van der Waals surface area contributed by atoms with E-state index >= 15 is 0 Å². The summed E-state index contributed by atoms with van der Waals surface area (Å²) in [6.07, 6.45) is 5.40. The number of hydrogen-bond donors (Lipinski definition) is 1. The molecule has 1 aromatic rings. The fourth-order valence-electron chi connectivity index (χ4n) is 3.25. The second-order valence-corrected chi connectivity index (χ2v) is 5.50. The van der Waals surface area contributed by atoms with E-state index in [2.05, 4.69) is 15.4 Å². The Kier molecular flexibility index (Phi) is 2.93. The Morgan fingerprint density at radius 2 is 2.33 bits per heavy atom. The molecule has 0 bridgehead atoms. The van der Waals surface area contributed by atoms with Crippen LogP contribution in [0.15, 0.2) is 6.33 Å². The van der Waals surface area contributed by atoms with E-state index in [1.54, 1.807) is 6.33 Å². The van der Waals surface area contributed by atoms with Gasteiger partial charge in [0.2, 0.25) is 0 Å². The minimum Gasteiger partial charge on any atom is -0.317 e. The summed E-state index contributed by atoms with van der Waals surface area (Å²) in [6, 6.07) is 0. The van der Waals surface area contributed by atoms with Crippen LogP contribution in [0.2, 0.25) is 0 Å². The maximum absolute atomic E-state index is 12.3. The topological polar surface area (TPSA) is 59.8 Å². The molecular weight excluding hydrogens is 228 g/mol. The smallest absolute Gasteiger partial charge is 0.144 e. The molecule has 1 atom stereocenters. The van der Waals surface area contributed by atoms with Crippen molar-refractivity contribution >= 4 is 5.78 Å². The SMILES string of the molecule is CCn1ncnc1CC(=O)C1CC12CCNCC2. The van der Waals surface area contributed by atoms with Gasteiger partial charge in [-0.05, 0) is 44.7 Å². The van der Waals surface area contributed by atoms with Gasteiger partial charge >= 0.3 is 0 Å². The van der Waals surface area contributed by atoms with Gasteiger partial charge in [0.15, 0.2) is 0 Å². The van der Waals surface area contributed by atoms with E-state index in [4.69, 9.17) is 0 Å². The Morgan fingerprint density at radius 1 is 1.56 bits per heavy atom. The largest absolute Gasteiger partial charge is 0.317 e. The zero-order valence-corrected chi connectivity index (χ0v) is 10.9. The summed E-state index contributed by atoms with van der Waals surface area (Å²) in [5.41, 5.74) is 0.333. The van der Waals surface area contributed by atoms with Crippen LogP contribution in [0.4, 0.5) is 0 Å². The van der Waals surface area contributed by atoms with Gasteiger partial charge in [-0.3, -0.25) is 4.79 Å². The first-order valence-electron chi connectivity index (χ1n) is 6.85. The van der Waals surface area contributed by atoms with Gasteiger partial charge in [0, 0.05) is 12.5 Å². The summed E-state index contributed by atoms with van der Waals surface area (Å²) in [5, 5.41) is 7.48. The van der Waals surface area contributed by atoms with E-state index in [9.17, 15) is 4.79 Å². The molecule has 5 nitrogen and oxygen atoms in total. The maximum Gasteiger partial charge on any atom is 0.144 e. The van der Waals surface area contributed by atoms with Gasteiger partial charge in [-0.2, -0.15) is 5.10 Å². The van der Waals surface area contributed by atoms with Crippen molar-refractivity contribution in [3.05, 3.63) is 12.2 Å². The molecule has 0 aromatic carbocycles. The van der Waals surface area contributed by atoms with Crippen molar-refractivity contribution in [3.8, 4) is 0 Å². The zero-order valence-electron chi connectivity index (χ0n) is 10.9. The number of hydrogen-bond acceptors (Lipinski definition) is 4. The fourth-order valence-corrected chi connectivity index (χ4v) is 3.25. The highest BCUT2D eigenvalue weighted by Gasteiger charge is 2.57. The second kappa shape index (κ2) is 4.46. The summed E-state index contributed by atoms with van der Waals surface area (Å²) >= 11 is 0. The third kappa shape index (κ3) is 1.96. The highest BCUT2D eigenvalue weighted by Crippen LogP contribution is 2.59. The lowest BCUT2D eigenvalue weighted by molar-refractivity contribution is -0.120. The van der Waals surface area contributed by atoms with Crippen LogP contribution in [0, 0.1) is 11.3 Å². The number of carbonyl (C=O) groups excluding carboxylic acids is 1. The van der Waals surface area contributed by atoms with Crippen LogP contribution in [-0.2, 0) is 17.8 Å². The molecule has 1 unspecified atom stereocenters. The molecule has 3 rings (SSSR count). The van der Waals surface area contributed by atoms with E-state index in [-0.39, 0.29) is 5.92 Å². The summed E-state index contributed by atoms with van der Waals surface area (Å²) in [7, 11) is 0. The Labute approximate surface area is 107 Å². The number of Topliss-reactive ketones (excluding diaryl/α,β-unsaturated/α-hetero) is 1. The first-order chi connectivity index (χ1) is 8.75. The molecule has 18 heavy (non-hydrogen) atoms. The normalized spacial score (nSPS) is 25.3. The molecule has 2 heterocycles. The molecule has 1 spiro atoms. The molecule has 1 saturated carbocycles. The summed E-state index contributed by atoms with van der Waals surface area (Å²) in [5.74, 6) is 1.46. The van der Waals surface area contributed by atoms with Crippen molar-refractivity contribution in [2.75, 3.05) is 13.1 Å². The highest BCUT2D eigenvalue weighted by atomic mass is 16.1. The van der Waals surface area contributed by atoms with Gasteiger partial charge in [-0.25, -0.2) is 9.67 Å². The van der Waals surface area contributed by atoms with Crippen molar-refractivity contribution in [2.45, 2.75) is 39.2 Å². The second-order valence-electron chi connectivity index (χ2n) is 5.50. The minimum absolute atomic E-state index is 0.279. The fraction of sp³-hybridized carbons (Fsp3) is 0.769. The maximum atomic E-state index is 12.3. The van der Waals surface area contributed by atoms with Crippen LogP contribution in [0.5, 0.6) is 0 Å². The monoisotopic (exact) mass is 248 g/mol. The lowest BCUT2D eigenvalue weighted by Crippen LogP contribution is -2.31. The number of piperidine rings is 1. The summed E-state index contributed by atoms with van der Waals surface area (Å²) < 4.78 is 1.81.